The summed E-state index contributed by atoms with van der Waals surface area (Å²) in [6.07, 6.45) is 1.36. The fourth-order valence-corrected chi connectivity index (χ4v) is 5.27. The highest BCUT2D eigenvalue weighted by Gasteiger charge is 2.32. The molecular weight excluding hydrogens is 416 g/mol. The second-order valence-electron chi connectivity index (χ2n) is 5.25. The number of halogens is 1. The molecule has 0 saturated heterocycles. The van der Waals surface area contributed by atoms with Crippen molar-refractivity contribution in [2.75, 3.05) is 21.6 Å². The van der Waals surface area contributed by atoms with Gasteiger partial charge in [0.25, 0.3) is 0 Å². The molecule has 11 heteroatoms. The van der Waals surface area contributed by atoms with Crippen LogP contribution in [0.3, 0.4) is 0 Å². The average Bonchev–Trinajstić information content (AvgIpc) is 3.00. The SMILES string of the molecule is CCSc1nnc(NC(=O)[C@H](CC)N(c2ccc(Cl)cc2)S(C)(=O)=O)s1. The summed E-state index contributed by atoms with van der Waals surface area (Å²) >= 11 is 8.65. The fourth-order valence-electron chi connectivity index (χ4n) is 2.28. The minimum absolute atomic E-state index is 0.289. The van der Waals surface area contributed by atoms with E-state index in [0.717, 1.165) is 20.7 Å². The Hall–Kier alpha value is -1.36. The number of hydrogen-bond acceptors (Lipinski definition) is 7. The number of nitrogens with zero attached hydrogens (tertiary/aromatic N) is 3. The summed E-state index contributed by atoms with van der Waals surface area (Å²) in [5.74, 6) is 0.385. The van der Waals surface area contributed by atoms with Gasteiger partial charge < -0.3 is 0 Å². The standard InChI is InChI=1S/C15H19ClN4O3S3/c1-4-12(13(21)17-14-18-19-15(25-14)24-5-2)20(26(3,22)23)11-8-6-10(16)7-9-11/h6-9,12H,4-5H2,1-3H3,(H,17,18,21)/t12-/m0/s1. The van der Waals surface area contributed by atoms with Crippen molar-refractivity contribution >= 4 is 61.4 Å². The van der Waals surface area contributed by atoms with Crippen molar-refractivity contribution < 1.29 is 13.2 Å². The quantitative estimate of drug-likeness (QED) is 0.505. The fraction of sp³-hybridized carbons (Fsp3) is 0.400. The van der Waals surface area contributed by atoms with Gasteiger partial charge in [-0.2, -0.15) is 0 Å². The van der Waals surface area contributed by atoms with E-state index in [-0.39, 0.29) is 6.42 Å². The molecule has 142 valence electrons. The van der Waals surface area contributed by atoms with E-state index >= 15 is 0 Å². The molecular formula is C15H19ClN4O3S3. The zero-order chi connectivity index (χ0) is 19.3. The number of amides is 1. The van der Waals surface area contributed by atoms with Crippen LogP contribution in [-0.2, 0) is 14.8 Å². The lowest BCUT2D eigenvalue weighted by atomic mass is 10.2. The molecule has 1 amide bonds. The first-order chi connectivity index (χ1) is 12.3. The van der Waals surface area contributed by atoms with Crippen LogP contribution in [0, 0.1) is 0 Å². The van der Waals surface area contributed by atoms with Gasteiger partial charge in [0.05, 0.1) is 11.9 Å². The number of aromatic nitrogens is 2. The first-order valence-corrected chi connectivity index (χ1v) is 11.8. The molecule has 1 atom stereocenters. The summed E-state index contributed by atoms with van der Waals surface area (Å²) in [5, 5.41) is 11.4. The van der Waals surface area contributed by atoms with Gasteiger partial charge >= 0.3 is 0 Å². The van der Waals surface area contributed by atoms with Crippen molar-refractivity contribution in [2.45, 2.75) is 30.6 Å². The van der Waals surface area contributed by atoms with Gasteiger partial charge in [-0.15, -0.1) is 10.2 Å². The number of carbonyl (C=O) groups excluding carboxylic acids is 1. The summed E-state index contributed by atoms with van der Waals surface area (Å²) in [6.45, 7) is 3.74. The third-order valence-electron chi connectivity index (χ3n) is 3.32. The van der Waals surface area contributed by atoms with Gasteiger partial charge in [0.1, 0.15) is 6.04 Å². The zero-order valence-electron chi connectivity index (χ0n) is 14.5. The largest absolute Gasteiger partial charge is 0.299 e. The van der Waals surface area contributed by atoms with Gasteiger partial charge in [-0.3, -0.25) is 14.4 Å². The van der Waals surface area contributed by atoms with E-state index in [9.17, 15) is 13.2 Å². The summed E-state index contributed by atoms with van der Waals surface area (Å²) in [4.78, 5) is 12.7. The molecule has 1 aromatic heterocycles. The lowest BCUT2D eigenvalue weighted by molar-refractivity contribution is -0.117. The highest BCUT2D eigenvalue weighted by Crippen LogP contribution is 2.27. The lowest BCUT2D eigenvalue weighted by Crippen LogP contribution is -2.46. The van der Waals surface area contributed by atoms with Crippen molar-refractivity contribution in [3.05, 3.63) is 29.3 Å². The third-order valence-corrected chi connectivity index (χ3v) is 6.60. The van der Waals surface area contributed by atoms with Crippen LogP contribution in [0.5, 0.6) is 0 Å². The second-order valence-corrected chi connectivity index (χ2v) is 10.0. The van der Waals surface area contributed by atoms with E-state index in [1.54, 1.807) is 31.2 Å². The number of benzene rings is 1. The lowest BCUT2D eigenvalue weighted by Gasteiger charge is -2.29. The van der Waals surface area contributed by atoms with Crippen LogP contribution >= 0.6 is 34.7 Å². The maximum absolute atomic E-state index is 12.7. The van der Waals surface area contributed by atoms with Crippen LogP contribution in [0.2, 0.25) is 5.02 Å². The molecule has 2 rings (SSSR count). The van der Waals surface area contributed by atoms with E-state index in [0.29, 0.717) is 15.8 Å². The van der Waals surface area contributed by atoms with Gasteiger partial charge in [-0.25, -0.2) is 8.42 Å². The summed E-state index contributed by atoms with van der Waals surface area (Å²) in [5.41, 5.74) is 0.374. The predicted molar refractivity (Wildman–Crippen MR) is 108 cm³/mol. The van der Waals surface area contributed by atoms with E-state index in [2.05, 4.69) is 15.5 Å². The molecule has 0 saturated carbocycles. The number of sulfonamides is 1. The molecule has 0 aliphatic carbocycles. The Morgan fingerprint density at radius 3 is 2.50 bits per heavy atom. The smallest absolute Gasteiger partial charge is 0.250 e. The van der Waals surface area contributed by atoms with Crippen LogP contribution in [-0.4, -0.2) is 42.6 Å². The first-order valence-electron chi connectivity index (χ1n) is 7.78. The van der Waals surface area contributed by atoms with Crippen molar-refractivity contribution in [3.8, 4) is 0 Å². The maximum Gasteiger partial charge on any atom is 0.250 e. The Labute approximate surface area is 166 Å². The molecule has 0 fully saturated rings. The highest BCUT2D eigenvalue weighted by molar-refractivity contribution is 8.01. The third kappa shape index (κ3) is 5.32. The monoisotopic (exact) mass is 434 g/mol. The van der Waals surface area contributed by atoms with Crippen molar-refractivity contribution in [1.82, 2.24) is 10.2 Å². The minimum atomic E-state index is -3.69. The number of rotatable bonds is 8. The maximum atomic E-state index is 12.7. The van der Waals surface area contributed by atoms with Gasteiger partial charge in [0.2, 0.25) is 21.1 Å². The number of anilines is 2. The van der Waals surface area contributed by atoms with E-state index in [1.807, 2.05) is 6.92 Å². The van der Waals surface area contributed by atoms with E-state index in [1.165, 1.54) is 23.1 Å². The molecule has 1 N–H and O–H groups in total. The number of carbonyl (C=O) groups is 1. The molecule has 2 aromatic rings. The van der Waals surface area contributed by atoms with E-state index in [4.69, 9.17) is 11.6 Å². The summed E-state index contributed by atoms with van der Waals surface area (Å²) in [7, 11) is -3.69. The number of nitrogens with one attached hydrogen (secondary N) is 1. The number of hydrogen-bond donors (Lipinski definition) is 1. The van der Waals surface area contributed by atoms with Gasteiger partial charge in [-0.05, 0) is 36.4 Å². The highest BCUT2D eigenvalue weighted by atomic mass is 35.5. The molecule has 0 unspecified atom stereocenters. The Balaban J connectivity index is 2.28. The molecule has 1 heterocycles. The van der Waals surface area contributed by atoms with Crippen LogP contribution in [0.4, 0.5) is 10.8 Å². The molecule has 0 spiro atoms. The van der Waals surface area contributed by atoms with Crippen LogP contribution in [0.25, 0.3) is 0 Å². The molecule has 0 aliphatic rings. The van der Waals surface area contributed by atoms with Crippen LogP contribution in [0.15, 0.2) is 28.6 Å². The molecule has 0 radical (unpaired) electrons. The summed E-state index contributed by atoms with van der Waals surface area (Å²) < 4.78 is 26.5. The summed E-state index contributed by atoms with van der Waals surface area (Å²) in [6, 6.07) is 5.38. The molecule has 1 aromatic carbocycles. The first kappa shape index (κ1) is 20.9. The minimum Gasteiger partial charge on any atom is -0.299 e. The molecule has 0 aliphatic heterocycles. The van der Waals surface area contributed by atoms with Crippen molar-refractivity contribution in [3.63, 3.8) is 0 Å². The van der Waals surface area contributed by atoms with Crippen molar-refractivity contribution in [2.24, 2.45) is 0 Å². The van der Waals surface area contributed by atoms with E-state index < -0.39 is 22.0 Å². The average molecular weight is 435 g/mol. The predicted octanol–water partition coefficient (Wildman–Crippen LogP) is 3.49. The Bertz CT molecular complexity index is 855. The zero-order valence-corrected chi connectivity index (χ0v) is 17.7. The Morgan fingerprint density at radius 2 is 1.96 bits per heavy atom. The Morgan fingerprint density at radius 1 is 1.31 bits per heavy atom. The van der Waals surface area contributed by atoms with Crippen molar-refractivity contribution in [1.29, 1.82) is 0 Å². The van der Waals surface area contributed by atoms with Crippen LogP contribution < -0.4 is 9.62 Å². The van der Waals surface area contributed by atoms with Gasteiger partial charge in [0, 0.05) is 5.02 Å². The normalized spacial score (nSPS) is 12.6. The van der Waals surface area contributed by atoms with Gasteiger partial charge in [0.15, 0.2) is 4.34 Å². The molecule has 0 bridgehead atoms. The van der Waals surface area contributed by atoms with Gasteiger partial charge in [-0.1, -0.05) is 48.5 Å². The number of thioether (sulfide) groups is 1. The molecule has 26 heavy (non-hydrogen) atoms. The topological polar surface area (TPSA) is 92.3 Å². The Kier molecular flexibility index (Phi) is 7.27. The second kappa shape index (κ2) is 9.03. The van der Waals surface area contributed by atoms with Crippen LogP contribution in [0.1, 0.15) is 20.3 Å². The molecule has 7 nitrogen and oxygen atoms in total.